The van der Waals surface area contributed by atoms with Gasteiger partial charge in [0, 0.05) is 33.7 Å². The number of benzene rings is 7. The maximum Gasteiger partial charge on any atom is 0.138 e. The van der Waals surface area contributed by atoms with E-state index in [4.69, 9.17) is 9.10 Å². The second-order valence-electron chi connectivity index (χ2n) is 14.2. The van der Waals surface area contributed by atoms with E-state index in [1.165, 1.54) is 32.5 Å². The Kier molecular flexibility index (Phi) is 6.06. The molecular formula is C50H36N4. The Hall–Kier alpha value is -6.91. The molecule has 7 aromatic carbocycles. The lowest BCUT2D eigenvalue weighted by molar-refractivity contribution is 0.768. The van der Waals surface area contributed by atoms with Crippen molar-refractivity contribution < 1.29 is 4.11 Å². The molecule has 2 aliphatic rings. The number of aromatic nitrogens is 2. The SMILES string of the molecule is [2H]C([2H])([2H])N1CN(c2cccc(C3(c4ccc5c6ccccc6n(-c6cc(-c7ccccc7)ccn6)c5c4)c4ccccc4-c4ccccc43)c2)c2ccccc21. The fraction of sp³-hybridized carbons (Fsp3) is 0.0600. The van der Waals surface area contributed by atoms with Gasteiger partial charge in [0.2, 0.25) is 0 Å². The third-order valence-electron chi connectivity index (χ3n) is 11.5. The minimum atomic E-state index is -2.28. The molecule has 3 heterocycles. The van der Waals surface area contributed by atoms with E-state index >= 15 is 0 Å². The van der Waals surface area contributed by atoms with Crippen molar-refractivity contribution in [3.8, 4) is 28.1 Å². The van der Waals surface area contributed by atoms with Crippen LogP contribution in [0.1, 0.15) is 26.4 Å². The van der Waals surface area contributed by atoms with Gasteiger partial charge in [-0.2, -0.15) is 0 Å². The summed E-state index contributed by atoms with van der Waals surface area (Å²) in [6.07, 6.45) is 1.91. The summed E-state index contributed by atoms with van der Waals surface area (Å²) in [5.74, 6) is 0.856. The molecule has 1 aliphatic carbocycles. The molecule has 0 amide bonds. The van der Waals surface area contributed by atoms with E-state index in [1.54, 1.807) is 0 Å². The van der Waals surface area contributed by atoms with Gasteiger partial charge in [-0.25, -0.2) is 4.98 Å². The quantitative estimate of drug-likeness (QED) is 0.179. The van der Waals surface area contributed by atoms with E-state index in [-0.39, 0.29) is 6.67 Å². The largest absolute Gasteiger partial charge is 0.355 e. The zero-order chi connectivity index (χ0) is 38.3. The predicted molar refractivity (Wildman–Crippen MR) is 223 cm³/mol. The number of para-hydroxylation sites is 3. The molecule has 4 heteroatoms. The first kappa shape index (κ1) is 27.7. The molecule has 256 valence electrons. The molecule has 54 heavy (non-hydrogen) atoms. The summed E-state index contributed by atoms with van der Waals surface area (Å²) < 4.78 is 27.4. The van der Waals surface area contributed by atoms with Gasteiger partial charge in [-0.3, -0.25) is 4.57 Å². The van der Waals surface area contributed by atoms with E-state index in [9.17, 15) is 0 Å². The lowest BCUT2D eigenvalue weighted by Gasteiger charge is -2.35. The highest BCUT2D eigenvalue weighted by Crippen LogP contribution is 2.57. The lowest BCUT2D eigenvalue weighted by Crippen LogP contribution is -2.29. The van der Waals surface area contributed by atoms with Gasteiger partial charge >= 0.3 is 0 Å². The second-order valence-corrected chi connectivity index (χ2v) is 14.2. The summed E-state index contributed by atoms with van der Waals surface area (Å²) >= 11 is 0. The molecule has 1 aliphatic heterocycles. The number of fused-ring (bicyclic) bond motifs is 7. The van der Waals surface area contributed by atoms with Crippen molar-refractivity contribution in [2.75, 3.05) is 23.4 Å². The Labute approximate surface area is 319 Å². The Morgan fingerprint density at radius 1 is 0.537 bits per heavy atom. The van der Waals surface area contributed by atoms with Crippen LogP contribution in [0.2, 0.25) is 0 Å². The molecule has 11 rings (SSSR count). The van der Waals surface area contributed by atoms with Gasteiger partial charge in [0.15, 0.2) is 0 Å². The molecule has 9 aromatic rings. The minimum absolute atomic E-state index is 0.223. The Balaban J connectivity index is 1.17. The van der Waals surface area contributed by atoms with Crippen molar-refractivity contribution in [1.82, 2.24) is 9.55 Å². The first-order chi connectivity index (χ1) is 27.9. The average Bonchev–Trinajstić information content (AvgIpc) is 3.91. The van der Waals surface area contributed by atoms with Crippen LogP contribution in [0.4, 0.5) is 17.1 Å². The van der Waals surface area contributed by atoms with Crippen molar-refractivity contribution in [2.24, 2.45) is 0 Å². The highest BCUT2D eigenvalue weighted by Gasteiger charge is 2.46. The Morgan fingerprint density at radius 3 is 2.04 bits per heavy atom. The predicted octanol–water partition coefficient (Wildman–Crippen LogP) is 11.8. The molecule has 4 nitrogen and oxygen atoms in total. The fourth-order valence-corrected chi connectivity index (χ4v) is 9.17. The third-order valence-corrected chi connectivity index (χ3v) is 11.5. The van der Waals surface area contributed by atoms with Crippen LogP contribution < -0.4 is 9.80 Å². The molecule has 0 unspecified atom stereocenters. The normalized spacial score (nSPS) is 15.1. The van der Waals surface area contributed by atoms with E-state index in [0.717, 1.165) is 55.9 Å². The number of anilines is 3. The zero-order valence-electron chi connectivity index (χ0n) is 32.4. The zero-order valence-corrected chi connectivity index (χ0v) is 29.4. The summed E-state index contributed by atoms with van der Waals surface area (Å²) in [6.45, 7) is -2.06. The van der Waals surface area contributed by atoms with Crippen LogP contribution in [-0.4, -0.2) is 23.2 Å². The molecule has 0 saturated heterocycles. The standard InChI is InChI=1S/C50H36N4/c1-52-33-53(47-25-12-11-24-46(47)52)38-17-13-16-36(31-38)50(43-21-8-5-18-39(43)40-19-6-9-22-44(40)50)37-26-27-42-41-20-7-10-23-45(41)54(48(42)32-37)49-30-35(28-29-51-49)34-14-3-2-4-15-34/h2-32H,33H2,1H3/i1D3. The van der Waals surface area contributed by atoms with Crippen molar-refractivity contribution in [2.45, 2.75) is 5.41 Å². The van der Waals surface area contributed by atoms with E-state index < -0.39 is 12.4 Å². The summed E-state index contributed by atoms with van der Waals surface area (Å²) in [5.41, 5.74) is 13.3. The topological polar surface area (TPSA) is 24.3 Å². The van der Waals surface area contributed by atoms with Crippen molar-refractivity contribution in [1.29, 1.82) is 0 Å². The summed E-state index contributed by atoms with van der Waals surface area (Å²) in [7, 11) is 0. The van der Waals surface area contributed by atoms with Gasteiger partial charge in [-0.05, 0) is 93.0 Å². The van der Waals surface area contributed by atoms with Crippen molar-refractivity contribution in [3.05, 3.63) is 210 Å². The van der Waals surface area contributed by atoms with Gasteiger partial charge in [0.05, 0.1) is 34.5 Å². The first-order valence-corrected chi connectivity index (χ1v) is 18.4. The van der Waals surface area contributed by atoms with E-state index in [2.05, 4.69) is 161 Å². The Bertz CT molecular complexity index is 2980. The third kappa shape index (κ3) is 4.34. The molecule has 0 radical (unpaired) electrons. The number of nitrogens with zero attached hydrogens (tertiary/aromatic N) is 4. The molecular weight excluding hydrogens is 657 g/mol. The van der Waals surface area contributed by atoms with E-state index in [1.807, 2.05) is 36.5 Å². The van der Waals surface area contributed by atoms with Crippen LogP contribution in [0.3, 0.4) is 0 Å². The molecule has 0 saturated carbocycles. The van der Waals surface area contributed by atoms with Gasteiger partial charge < -0.3 is 9.80 Å². The van der Waals surface area contributed by atoms with Gasteiger partial charge in [-0.15, -0.1) is 0 Å². The lowest BCUT2D eigenvalue weighted by atomic mass is 9.67. The summed E-state index contributed by atoms with van der Waals surface area (Å²) in [4.78, 5) is 8.63. The minimum Gasteiger partial charge on any atom is -0.355 e. The molecule has 0 atom stereocenters. The van der Waals surface area contributed by atoms with Crippen LogP contribution >= 0.6 is 0 Å². The average molecular weight is 696 g/mol. The number of hydrogen-bond donors (Lipinski definition) is 0. The van der Waals surface area contributed by atoms with Crippen LogP contribution in [0.15, 0.2) is 188 Å². The van der Waals surface area contributed by atoms with Crippen LogP contribution in [0.25, 0.3) is 49.9 Å². The van der Waals surface area contributed by atoms with Crippen molar-refractivity contribution in [3.63, 3.8) is 0 Å². The molecule has 0 spiro atoms. The maximum atomic E-state index is 8.36. The van der Waals surface area contributed by atoms with Crippen LogP contribution in [0, 0.1) is 0 Å². The van der Waals surface area contributed by atoms with Crippen molar-refractivity contribution >= 4 is 38.9 Å². The van der Waals surface area contributed by atoms with Gasteiger partial charge in [0.25, 0.3) is 0 Å². The van der Waals surface area contributed by atoms with E-state index in [0.29, 0.717) is 5.69 Å². The highest BCUT2D eigenvalue weighted by molar-refractivity contribution is 6.09. The summed E-state index contributed by atoms with van der Waals surface area (Å²) in [5, 5.41) is 2.32. The monoisotopic (exact) mass is 695 g/mol. The highest BCUT2D eigenvalue weighted by atomic mass is 15.4. The number of rotatable bonds is 5. The number of hydrogen-bond acceptors (Lipinski definition) is 3. The fourth-order valence-electron chi connectivity index (χ4n) is 9.17. The number of pyridine rings is 1. The molecule has 2 aromatic heterocycles. The second kappa shape index (κ2) is 11.8. The van der Waals surface area contributed by atoms with Gasteiger partial charge in [0.1, 0.15) is 5.82 Å². The molecule has 0 N–H and O–H groups in total. The first-order valence-electron chi connectivity index (χ1n) is 19.9. The molecule has 0 bridgehead atoms. The van der Waals surface area contributed by atoms with Crippen LogP contribution in [0.5, 0.6) is 0 Å². The van der Waals surface area contributed by atoms with Crippen LogP contribution in [-0.2, 0) is 5.41 Å². The maximum absolute atomic E-state index is 8.36. The van der Waals surface area contributed by atoms with Gasteiger partial charge in [-0.1, -0.05) is 133 Å². The molecule has 0 fully saturated rings. The Morgan fingerprint density at radius 2 is 1.22 bits per heavy atom. The summed E-state index contributed by atoms with van der Waals surface area (Å²) in [6, 6.07) is 64.3. The smallest absolute Gasteiger partial charge is 0.138 e.